The summed E-state index contributed by atoms with van der Waals surface area (Å²) in [6, 6.07) is 12.0. The number of ether oxygens (including phenoxy) is 2. The molecule has 10 heteroatoms. The first kappa shape index (κ1) is 24.5. The quantitative estimate of drug-likeness (QED) is 0.297. The van der Waals surface area contributed by atoms with Gasteiger partial charge in [-0.3, -0.25) is 14.9 Å². The number of methoxy groups -OCH3 is 1. The Labute approximate surface area is 216 Å². The molecule has 0 bridgehead atoms. The van der Waals surface area contributed by atoms with Gasteiger partial charge in [0, 0.05) is 36.9 Å². The number of non-ortho nitro benzene ring substituents is 1. The summed E-state index contributed by atoms with van der Waals surface area (Å²) in [7, 11) is 3.31. The van der Waals surface area contributed by atoms with Gasteiger partial charge < -0.3 is 20.1 Å². The van der Waals surface area contributed by atoms with Crippen LogP contribution in [-0.2, 0) is 11.4 Å². The number of rotatable bonds is 6. The number of nitrogens with two attached hydrogens (primary N) is 1. The van der Waals surface area contributed by atoms with Crippen LogP contribution in [0.25, 0.3) is 0 Å². The highest BCUT2D eigenvalue weighted by Crippen LogP contribution is 2.46. The second-order valence-corrected chi connectivity index (χ2v) is 9.45. The Balaban J connectivity index is 1.71. The number of carbonyl (C=O) groups excluding carboxylic acids is 1. The van der Waals surface area contributed by atoms with Crippen molar-refractivity contribution in [1.29, 1.82) is 5.26 Å². The van der Waals surface area contributed by atoms with Crippen molar-refractivity contribution in [3.63, 3.8) is 0 Å². The zero-order valence-electron chi connectivity index (χ0n) is 19.2. The van der Waals surface area contributed by atoms with Gasteiger partial charge in [0.15, 0.2) is 17.3 Å². The number of halogens is 1. The summed E-state index contributed by atoms with van der Waals surface area (Å²) in [6.07, 6.45) is 1.91. The molecule has 4 rings (SSSR count). The maximum atomic E-state index is 13.0. The summed E-state index contributed by atoms with van der Waals surface area (Å²) in [5.74, 6) is 0.746. The standard InChI is InChI=1S/C25H23IN4O5/c1-29-19-4-3-5-20(31)23(19)22(17(12-27)25(29)28)15-10-18(26)24(21(11-15)34-2)35-13-14-6-8-16(9-7-14)30(32)33/h6-11,22H,3-5,13,28H2,1-2H3/t22-/m1/s1. The van der Waals surface area contributed by atoms with Crippen LogP contribution in [0.3, 0.4) is 0 Å². The zero-order valence-corrected chi connectivity index (χ0v) is 21.4. The summed E-state index contributed by atoms with van der Waals surface area (Å²) < 4.78 is 12.4. The van der Waals surface area contributed by atoms with E-state index in [-0.39, 0.29) is 18.1 Å². The molecule has 2 aromatic carbocycles. The number of nitro benzene ring substituents is 1. The average Bonchev–Trinajstić information content (AvgIpc) is 2.85. The Morgan fingerprint density at radius 1 is 1.29 bits per heavy atom. The molecule has 180 valence electrons. The second kappa shape index (κ2) is 9.95. The minimum atomic E-state index is -0.579. The topological polar surface area (TPSA) is 132 Å². The first-order chi connectivity index (χ1) is 16.8. The van der Waals surface area contributed by atoms with Gasteiger partial charge in [-0.2, -0.15) is 5.26 Å². The van der Waals surface area contributed by atoms with Crippen LogP contribution in [-0.4, -0.2) is 29.8 Å². The first-order valence-corrected chi connectivity index (χ1v) is 12.0. The molecular formula is C25H23IN4O5. The van der Waals surface area contributed by atoms with E-state index in [1.807, 2.05) is 6.07 Å². The van der Waals surface area contributed by atoms with Crippen LogP contribution in [0, 0.1) is 25.0 Å². The Hall–Kier alpha value is -3.59. The maximum absolute atomic E-state index is 13.0. The van der Waals surface area contributed by atoms with Gasteiger partial charge in [0.1, 0.15) is 12.4 Å². The zero-order chi connectivity index (χ0) is 25.3. The molecule has 0 amide bonds. The van der Waals surface area contributed by atoms with Crippen LogP contribution in [0.4, 0.5) is 5.69 Å². The monoisotopic (exact) mass is 586 g/mol. The van der Waals surface area contributed by atoms with E-state index in [9.17, 15) is 20.2 Å². The molecule has 1 heterocycles. The van der Waals surface area contributed by atoms with E-state index >= 15 is 0 Å². The Morgan fingerprint density at radius 3 is 2.63 bits per heavy atom. The van der Waals surface area contributed by atoms with Gasteiger partial charge >= 0.3 is 0 Å². The highest BCUT2D eigenvalue weighted by atomic mass is 127. The molecule has 2 aromatic rings. The fourth-order valence-corrected chi connectivity index (χ4v) is 5.29. The average molecular weight is 586 g/mol. The number of nitrogens with zero attached hydrogens (tertiary/aromatic N) is 3. The van der Waals surface area contributed by atoms with Crippen molar-refractivity contribution in [3.05, 3.63) is 83.9 Å². The van der Waals surface area contributed by atoms with Crippen LogP contribution in [0.5, 0.6) is 11.5 Å². The lowest BCUT2D eigenvalue weighted by Gasteiger charge is -2.37. The van der Waals surface area contributed by atoms with E-state index in [2.05, 4.69) is 28.7 Å². The molecular weight excluding hydrogens is 563 g/mol. The fraction of sp³-hybridized carbons (Fsp3) is 0.280. The van der Waals surface area contributed by atoms with E-state index in [1.165, 1.54) is 19.2 Å². The first-order valence-electron chi connectivity index (χ1n) is 10.9. The molecule has 1 atom stereocenters. The molecule has 35 heavy (non-hydrogen) atoms. The molecule has 0 fully saturated rings. The number of hydrogen-bond acceptors (Lipinski definition) is 8. The number of ketones is 1. The molecule has 0 saturated heterocycles. The third kappa shape index (κ3) is 4.55. The summed E-state index contributed by atoms with van der Waals surface area (Å²) in [4.78, 5) is 25.2. The van der Waals surface area contributed by atoms with Crippen LogP contribution in [0.1, 0.15) is 36.3 Å². The molecule has 9 nitrogen and oxygen atoms in total. The van der Waals surface area contributed by atoms with Gasteiger partial charge in [0.25, 0.3) is 5.69 Å². The summed E-state index contributed by atoms with van der Waals surface area (Å²) in [5.41, 5.74) is 9.63. The van der Waals surface area contributed by atoms with Crippen molar-refractivity contribution in [2.75, 3.05) is 14.2 Å². The summed E-state index contributed by atoms with van der Waals surface area (Å²) in [5, 5.41) is 20.8. The van der Waals surface area contributed by atoms with Crippen molar-refractivity contribution in [2.45, 2.75) is 31.8 Å². The van der Waals surface area contributed by atoms with Crippen LogP contribution in [0.15, 0.2) is 59.1 Å². The van der Waals surface area contributed by atoms with Gasteiger partial charge in [0.05, 0.1) is 33.2 Å². The number of nitriles is 1. The highest BCUT2D eigenvalue weighted by molar-refractivity contribution is 14.1. The van der Waals surface area contributed by atoms with Crippen LogP contribution in [0.2, 0.25) is 0 Å². The molecule has 0 unspecified atom stereocenters. The van der Waals surface area contributed by atoms with E-state index in [0.29, 0.717) is 34.9 Å². The summed E-state index contributed by atoms with van der Waals surface area (Å²) in [6.45, 7) is 0.183. The molecule has 0 spiro atoms. The fourth-order valence-electron chi connectivity index (χ4n) is 4.51. The Morgan fingerprint density at radius 2 is 2.00 bits per heavy atom. The second-order valence-electron chi connectivity index (χ2n) is 8.29. The molecule has 0 saturated carbocycles. The van der Waals surface area contributed by atoms with E-state index in [1.54, 1.807) is 30.1 Å². The SMILES string of the molecule is COc1cc([C@@H]2C(C#N)=C(N)N(C)C3=C2C(=O)CCC3)cc(I)c1OCc1ccc([N+](=O)[O-])cc1. The maximum Gasteiger partial charge on any atom is 0.269 e. The molecule has 2 aliphatic rings. The lowest BCUT2D eigenvalue weighted by atomic mass is 9.76. The van der Waals surface area contributed by atoms with Gasteiger partial charge in [-0.1, -0.05) is 0 Å². The normalized spacial score (nSPS) is 17.7. The third-order valence-electron chi connectivity index (χ3n) is 6.28. The number of nitro groups is 1. The number of hydrogen-bond donors (Lipinski definition) is 1. The molecule has 1 aliphatic carbocycles. The van der Waals surface area contributed by atoms with Gasteiger partial charge in [-0.25, -0.2) is 0 Å². The predicted molar refractivity (Wildman–Crippen MR) is 136 cm³/mol. The summed E-state index contributed by atoms with van der Waals surface area (Å²) >= 11 is 2.13. The largest absolute Gasteiger partial charge is 0.493 e. The molecule has 0 radical (unpaired) electrons. The number of benzene rings is 2. The molecule has 1 aliphatic heterocycles. The van der Waals surface area contributed by atoms with Crippen molar-refractivity contribution in [1.82, 2.24) is 4.90 Å². The highest BCUT2D eigenvalue weighted by Gasteiger charge is 2.39. The number of Topliss-reactive ketones (excluding diaryl/α,β-unsaturated/α-hetero) is 1. The van der Waals surface area contributed by atoms with Crippen molar-refractivity contribution in [3.8, 4) is 17.6 Å². The Kier molecular flexibility index (Phi) is 6.98. The Bertz CT molecular complexity index is 1310. The lowest BCUT2D eigenvalue weighted by Crippen LogP contribution is -2.36. The van der Waals surface area contributed by atoms with E-state index in [0.717, 1.165) is 33.2 Å². The van der Waals surface area contributed by atoms with Gasteiger partial charge in [0.2, 0.25) is 0 Å². The van der Waals surface area contributed by atoms with Gasteiger partial charge in [-0.15, -0.1) is 0 Å². The van der Waals surface area contributed by atoms with Crippen molar-refractivity contribution >= 4 is 34.1 Å². The lowest BCUT2D eigenvalue weighted by molar-refractivity contribution is -0.384. The molecule has 2 N–H and O–H groups in total. The minimum absolute atomic E-state index is 0.00921. The van der Waals surface area contributed by atoms with Crippen molar-refractivity contribution < 1.29 is 19.2 Å². The smallest absolute Gasteiger partial charge is 0.269 e. The number of allylic oxidation sites excluding steroid dienone is 3. The van der Waals surface area contributed by atoms with E-state index < -0.39 is 10.8 Å². The molecule has 0 aromatic heterocycles. The van der Waals surface area contributed by atoms with Crippen molar-refractivity contribution in [2.24, 2.45) is 5.73 Å². The van der Waals surface area contributed by atoms with Gasteiger partial charge in [-0.05, 0) is 70.8 Å². The predicted octanol–water partition coefficient (Wildman–Crippen LogP) is 4.52. The minimum Gasteiger partial charge on any atom is -0.493 e. The third-order valence-corrected chi connectivity index (χ3v) is 7.09. The number of carbonyl (C=O) groups is 1. The van der Waals surface area contributed by atoms with Crippen LogP contribution < -0.4 is 15.2 Å². The van der Waals surface area contributed by atoms with Crippen LogP contribution >= 0.6 is 22.6 Å². The van der Waals surface area contributed by atoms with E-state index in [4.69, 9.17) is 15.2 Å².